The van der Waals surface area contributed by atoms with E-state index in [1.54, 1.807) is 24.3 Å². The molecule has 3 rings (SSSR count). The van der Waals surface area contributed by atoms with Gasteiger partial charge in [-0.2, -0.15) is 0 Å². The molecule has 2 aliphatic rings. The van der Waals surface area contributed by atoms with Gasteiger partial charge in [-0.05, 0) is 43.4 Å². The fourth-order valence-corrected chi connectivity index (χ4v) is 5.45. The maximum Gasteiger partial charge on any atom is 0.251 e. The molecular weight excluding hydrogens is 338 g/mol. The smallest absolute Gasteiger partial charge is 0.251 e. The summed E-state index contributed by atoms with van der Waals surface area (Å²) in [6, 6.07) is 6.83. The van der Waals surface area contributed by atoms with E-state index in [0.717, 1.165) is 12.8 Å². The number of nitrogens with one attached hydrogen (secondary N) is 1. The highest BCUT2D eigenvalue weighted by atomic mass is 32.2. The van der Waals surface area contributed by atoms with Crippen molar-refractivity contribution in [3.8, 4) is 0 Å². The first-order valence-corrected chi connectivity index (χ1v) is 10.7. The van der Waals surface area contributed by atoms with Crippen LogP contribution in [0.3, 0.4) is 0 Å². The Kier molecular flexibility index (Phi) is 5.64. The van der Waals surface area contributed by atoms with Gasteiger partial charge in [-0.1, -0.05) is 25.3 Å². The van der Waals surface area contributed by atoms with Gasteiger partial charge in [0.1, 0.15) is 0 Å². The van der Waals surface area contributed by atoms with Crippen LogP contribution in [0.2, 0.25) is 0 Å². The Morgan fingerprint density at radius 2 is 2.00 bits per heavy atom. The minimum atomic E-state index is -3.25. The first-order valence-electron chi connectivity index (χ1n) is 9.12. The van der Waals surface area contributed by atoms with E-state index in [2.05, 4.69) is 5.32 Å². The average Bonchev–Trinajstić information content (AvgIpc) is 2.99. The quantitative estimate of drug-likeness (QED) is 0.833. The normalized spacial score (nSPS) is 21.9. The molecule has 0 radical (unpaired) electrons. The molecule has 1 aromatic carbocycles. The van der Waals surface area contributed by atoms with E-state index in [9.17, 15) is 13.2 Å². The summed E-state index contributed by atoms with van der Waals surface area (Å²) in [5.74, 6) is 0.421. The van der Waals surface area contributed by atoms with Gasteiger partial charge in [0, 0.05) is 24.7 Å². The number of amides is 1. The Morgan fingerprint density at radius 3 is 2.64 bits per heavy atom. The first kappa shape index (κ1) is 18.2. The van der Waals surface area contributed by atoms with Gasteiger partial charge in [-0.15, -0.1) is 0 Å². The molecule has 2 fully saturated rings. The van der Waals surface area contributed by atoms with Gasteiger partial charge in [0.2, 0.25) is 10.0 Å². The number of carbonyl (C=O) groups is 1. The van der Waals surface area contributed by atoms with Crippen LogP contribution in [0.25, 0.3) is 0 Å². The van der Waals surface area contributed by atoms with Crippen LogP contribution >= 0.6 is 0 Å². The van der Waals surface area contributed by atoms with E-state index in [1.807, 2.05) is 0 Å². The second-order valence-electron chi connectivity index (χ2n) is 7.01. The van der Waals surface area contributed by atoms with Crippen molar-refractivity contribution in [2.45, 2.75) is 44.6 Å². The van der Waals surface area contributed by atoms with Gasteiger partial charge < -0.3 is 11.1 Å². The third-order valence-electron chi connectivity index (χ3n) is 5.28. The van der Waals surface area contributed by atoms with Gasteiger partial charge in [0.25, 0.3) is 5.91 Å². The van der Waals surface area contributed by atoms with E-state index in [4.69, 9.17) is 5.73 Å². The number of benzene rings is 1. The van der Waals surface area contributed by atoms with Crippen LogP contribution in [0.15, 0.2) is 24.3 Å². The molecule has 3 N–H and O–H groups in total. The minimum Gasteiger partial charge on any atom is -0.348 e. The highest BCUT2D eigenvalue weighted by molar-refractivity contribution is 7.93. The molecule has 1 aliphatic heterocycles. The number of nitrogens with zero attached hydrogens (tertiary/aromatic N) is 1. The molecule has 1 amide bonds. The molecule has 7 heteroatoms. The predicted molar refractivity (Wildman–Crippen MR) is 99.1 cm³/mol. The topological polar surface area (TPSA) is 92.5 Å². The molecule has 1 unspecified atom stereocenters. The summed E-state index contributed by atoms with van der Waals surface area (Å²) in [4.78, 5) is 12.7. The summed E-state index contributed by atoms with van der Waals surface area (Å²) in [6.07, 6.45) is 6.48. The maximum atomic E-state index is 12.7. The second kappa shape index (κ2) is 7.74. The first-order chi connectivity index (χ1) is 12.0. The zero-order chi connectivity index (χ0) is 17.9. The van der Waals surface area contributed by atoms with Gasteiger partial charge >= 0.3 is 0 Å². The van der Waals surface area contributed by atoms with E-state index in [0.29, 0.717) is 36.7 Å². The lowest BCUT2D eigenvalue weighted by Crippen LogP contribution is -2.45. The number of hydrogen-bond acceptors (Lipinski definition) is 4. The third-order valence-corrected chi connectivity index (χ3v) is 7.15. The van der Waals surface area contributed by atoms with E-state index < -0.39 is 10.0 Å². The van der Waals surface area contributed by atoms with Crippen LogP contribution in [-0.2, 0) is 10.0 Å². The van der Waals surface area contributed by atoms with Crippen LogP contribution < -0.4 is 15.4 Å². The predicted octanol–water partition coefficient (Wildman–Crippen LogP) is 1.86. The lowest BCUT2D eigenvalue weighted by molar-refractivity contribution is 0.0915. The molecule has 6 nitrogen and oxygen atoms in total. The Labute approximate surface area is 149 Å². The lowest BCUT2D eigenvalue weighted by Gasteiger charge is -2.30. The van der Waals surface area contributed by atoms with E-state index in [-0.39, 0.29) is 17.7 Å². The molecular formula is C18H27N3O3S. The molecule has 0 spiro atoms. The van der Waals surface area contributed by atoms with E-state index in [1.165, 1.54) is 23.6 Å². The molecule has 0 bridgehead atoms. The van der Waals surface area contributed by atoms with Crippen molar-refractivity contribution < 1.29 is 13.2 Å². The SMILES string of the molecule is NCC(NC(=O)c1cccc(N2CCCS2(=O)=O)c1)C1CCCCC1. The Balaban J connectivity index is 1.72. The van der Waals surface area contributed by atoms with Gasteiger partial charge in [0.15, 0.2) is 0 Å². The molecule has 0 aromatic heterocycles. The standard InChI is InChI=1S/C18H27N3O3S/c19-13-17(14-6-2-1-3-7-14)20-18(22)15-8-4-9-16(12-15)21-10-5-11-25(21,23)24/h4,8-9,12,14,17H,1-3,5-7,10-11,13,19H2,(H,20,22). The summed E-state index contributed by atoms with van der Waals surface area (Å²) >= 11 is 0. The van der Waals surface area contributed by atoms with Crippen molar-refractivity contribution in [1.29, 1.82) is 0 Å². The summed E-state index contributed by atoms with van der Waals surface area (Å²) in [5.41, 5.74) is 6.94. The average molecular weight is 365 g/mol. The minimum absolute atomic E-state index is 0.0213. The number of hydrogen-bond donors (Lipinski definition) is 2. The van der Waals surface area contributed by atoms with Crippen molar-refractivity contribution >= 4 is 21.6 Å². The van der Waals surface area contributed by atoms with Crippen LogP contribution in [0.5, 0.6) is 0 Å². The fourth-order valence-electron chi connectivity index (χ4n) is 3.89. The largest absolute Gasteiger partial charge is 0.348 e. The highest BCUT2D eigenvalue weighted by Gasteiger charge is 2.29. The third kappa shape index (κ3) is 4.15. The summed E-state index contributed by atoms with van der Waals surface area (Å²) in [5, 5.41) is 3.06. The van der Waals surface area contributed by atoms with Crippen LogP contribution in [-0.4, -0.2) is 39.2 Å². The summed E-state index contributed by atoms with van der Waals surface area (Å²) < 4.78 is 25.6. The van der Waals surface area contributed by atoms with E-state index >= 15 is 0 Å². The molecule has 25 heavy (non-hydrogen) atoms. The molecule has 138 valence electrons. The van der Waals surface area contributed by atoms with Crippen molar-refractivity contribution in [2.24, 2.45) is 11.7 Å². The molecule has 1 aromatic rings. The molecule has 1 saturated carbocycles. The number of sulfonamides is 1. The highest BCUT2D eigenvalue weighted by Crippen LogP contribution is 2.27. The molecule has 1 aliphatic carbocycles. The monoisotopic (exact) mass is 365 g/mol. The number of nitrogens with two attached hydrogens (primary N) is 1. The summed E-state index contributed by atoms with van der Waals surface area (Å²) in [6.45, 7) is 0.900. The van der Waals surface area contributed by atoms with Crippen molar-refractivity contribution in [3.05, 3.63) is 29.8 Å². The number of anilines is 1. The van der Waals surface area contributed by atoms with Gasteiger partial charge in [0.05, 0.1) is 11.4 Å². The molecule has 1 atom stereocenters. The Hall–Kier alpha value is -1.60. The van der Waals surface area contributed by atoms with Crippen LogP contribution in [0.4, 0.5) is 5.69 Å². The number of carbonyl (C=O) groups excluding carboxylic acids is 1. The summed E-state index contributed by atoms with van der Waals surface area (Å²) in [7, 11) is -3.25. The molecule has 1 heterocycles. The fraction of sp³-hybridized carbons (Fsp3) is 0.611. The van der Waals surface area contributed by atoms with Crippen LogP contribution in [0, 0.1) is 5.92 Å². The Bertz CT molecular complexity index is 714. The zero-order valence-corrected chi connectivity index (χ0v) is 15.3. The van der Waals surface area contributed by atoms with Crippen molar-refractivity contribution in [2.75, 3.05) is 23.1 Å². The zero-order valence-electron chi connectivity index (χ0n) is 14.5. The molecule has 1 saturated heterocycles. The Morgan fingerprint density at radius 1 is 1.24 bits per heavy atom. The van der Waals surface area contributed by atoms with Crippen molar-refractivity contribution in [1.82, 2.24) is 5.32 Å². The second-order valence-corrected chi connectivity index (χ2v) is 9.02. The maximum absolute atomic E-state index is 12.7. The lowest BCUT2D eigenvalue weighted by atomic mass is 9.84. The van der Waals surface area contributed by atoms with Crippen LogP contribution in [0.1, 0.15) is 48.9 Å². The van der Waals surface area contributed by atoms with Crippen molar-refractivity contribution in [3.63, 3.8) is 0 Å². The van der Waals surface area contributed by atoms with Gasteiger partial charge in [-0.25, -0.2) is 8.42 Å². The van der Waals surface area contributed by atoms with Gasteiger partial charge in [-0.3, -0.25) is 9.10 Å². The number of rotatable bonds is 5.